The summed E-state index contributed by atoms with van der Waals surface area (Å²) in [4.78, 5) is 14.6. The Hall–Kier alpha value is -1.60. The third kappa shape index (κ3) is 4.76. The molecule has 0 saturated carbocycles. The molecule has 1 aromatic heterocycles. The topological polar surface area (TPSA) is 53.8 Å². The summed E-state index contributed by atoms with van der Waals surface area (Å²) in [5.41, 5.74) is 1.46. The van der Waals surface area contributed by atoms with Crippen molar-refractivity contribution in [1.29, 1.82) is 5.26 Å². The largest absolute Gasteiger partial charge is 0.288 e. The number of nitriles is 1. The fraction of sp³-hybridized carbons (Fsp3) is 0.250. The lowest BCUT2D eigenvalue weighted by Gasteiger charge is -1.94. The van der Waals surface area contributed by atoms with Crippen LogP contribution in [0, 0.1) is 11.3 Å². The summed E-state index contributed by atoms with van der Waals surface area (Å²) in [6.45, 7) is 1.56. The summed E-state index contributed by atoms with van der Waals surface area (Å²) >= 11 is 1.32. The van der Waals surface area contributed by atoms with Gasteiger partial charge in [0.05, 0.1) is 5.56 Å². The Morgan fingerprint density at radius 2 is 2.44 bits per heavy atom. The molecule has 0 atom stereocenters. The van der Waals surface area contributed by atoms with Crippen molar-refractivity contribution in [3.8, 4) is 6.07 Å². The van der Waals surface area contributed by atoms with E-state index in [0.717, 1.165) is 17.7 Å². The second-order valence-electron chi connectivity index (χ2n) is 3.15. The van der Waals surface area contributed by atoms with Gasteiger partial charge in [-0.15, -0.1) is 0 Å². The predicted molar refractivity (Wildman–Crippen MR) is 65.7 cm³/mol. The van der Waals surface area contributed by atoms with Gasteiger partial charge in [-0.05, 0) is 18.1 Å². The molecule has 0 aliphatic carbocycles. The van der Waals surface area contributed by atoms with E-state index in [1.165, 1.54) is 18.0 Å². The highest BCUT2D eigenvalue weighted by Gasteiger charge is 1.93. The van der Waals surface area contributed by atoms with Gasteiger partial charge in [0, 0.05) is 25.1 Å². The zero-order valence-corrected chi connectivity index (χ0v) is 9.83. The van der Waals surface area contributed by atoms with Crippen molar-refractivity contribution in [1.82, 2.24) is 4.98 Å². The van der Waals surface area contributed by atoms with Crippen molar-refractivity contribution in [2.45, 2.75) is 13.3 Å². The van der Waals surface area contributed by atoms with E-state index in [4.69, 9.17) is 5.26 Å². The molecule has 1 aromatic rings. The van der Waals surface area contributed by atoms with Crippen LogP contribution in [-0.2, 0) is 4.79 Å². The molecule has 0 unspecified atom stereocenters. The van der Waals surface area contributed by atoms with E-state index in [-0.39, 0.29) is 5.12 Å². The van der Waals surface area contributed by atoms with Crippen LogP contribution in [-0.4, -0.2) is 15.9 Å². The van der Waals surface area contributed by atoms with Gasteiger partial charge in [-0.3, -0.25) is 9.78 Å². The molecule has 0 fully saturated rings. The number of aromatic nitrogens is 1. The van der Waals surface area contributed by atoms with Crippen LogP contribution in [0.4, 0.5) is 0 Å². The summed E-state index contributed by atoms with van der Waals surface area (Å²) in [6.07, 6.45) is 7.96. The fourth-order valence-electron chi connectivity index (χ4n) is 1.10. The molecule has 0 N–H and O–H groups in total. The third-order valence-electron chi connectivity index (χ3n) is 1.79. The second kappa shape index (κ2) is 6.81. The lowest BCUT2D eigenvalue weighted by atomic mass is 10.2. The average Bonchev–Trinajstić information content (AvgIpc) is 2.28. The van der Waals surface area contributed by atoms with Gasteiger partial charge in [-0.2, -0.15) is 5.26 Å². The molecule has 3 nitrogen and oxygen atoms in total. The van der Waals surface area contributed by atoms with E-state index in [1.807, 2.05) is 18.2 Å². The number of nitrogens with zero attached hydrogens (tertiary/aromatic N) is 2. The Morgan fingerprint density at radius 1 is 1.62 bits per heavy atom. The number of carbonyl (C=O) groups is 1. The first-order chi connectivity index (χ1) is 7.72. The van der Waals surface area contributed by atoms with Crippen LogP contribution < -0.4 is 0 Å². The predicted octanol–water partition coefficient (Wildman–Crippen LogP) is 2.64. The summed E-state index contributed by atoms with van der Waals surface area (Å²) in [6, 6.07) is 3.82. The van der Waals surface area contributed by atoms with Gasteiger partial charge in [0.15, 0.2) is 5.12 Å². The molecule has 0 spiro atoms. The Bertz CT molecular complexity index is 435. The van der Waals surface area contributed by atoms with Gasteiger partial charge < -0.3 is 0 Å². The molecule has 82 valence electrons. The van der Waals surface area contributed by atoms with Gasteiger partial charge in [-0.1, -0.05) is 23.9 Å². The number of thioether (sulfide) groups is 1. The van der Waals surface area contributed by atoms with Crippen LogP contribution in [0.15, 0.2) is 24.5 Å². The summed E-state index contributed by atoms with van der Waals surface area (Å²) in [7, 11) is 0. The van der Waals surface area contributed by atoms with E-state index in [0.29, 0.717) is 5.56 Å². The zero-order chi connectivity index (χ0) is 11.8. The van der Waals surface area contributed by atoms with Gasteiger partial charge in [0.25, 0.3) is 0 Å². The van der Waals surface area contributed by atoms with Gasteiger partial charge in [0.1, 0.15) is 6.07 Å². The number of hydrogen-bond donors (Lipinski definition) is 0. The highest BCUT2D eigenvalue weighted by molar-refractivity contribution is 8.13. The SMILES string of the molecule is CC(=O)SCCC=Cc1cncc(C#N)c1. The van der Waals surface area contributed by atoms with Crippen LogP contribution in [0.3, 0.4) is 0 Å². The first kappa shape index (κ1) is 12.5. The smallest absolute Gasteiger partial charge is 0.185 e. The number of allylic oxidation sites excluding steroid dienone is 1. The molecule has 1 rings (SSSR count). The molecule has 0 aliphatic rings. The minimum Gasteiger partial charge on any atom is -0.288 e. The van der Waals surface area contributed by atoms with E-state index >= 15 is 0 Å². The van der Waals surface area contributed by atoms with Crippen LogP contribution in [0.25, 0.3) is 6.08 Å². The first-order valence-corrected chi connectivity index (χ1v) is 5.86. The average molecular weight is 232 g/mol. The maximum absolute atomic E-state index is 10.7. The quantitative estimate of drug-likeness (QED) is 0.749. The lowest BCUT2D eigenvalue weighted by molar-refractivity contribution is -0.109. The van der Waals surface area contributed by atoms with Crippen molar-refractivity contribution in [2.24, 2.45) is 0 Å². The molecule has 0 radical (unpaired) electrons. The molecule has 0 bridgehead atoms. The molecular weight excluding hydrogens is 220 g/mol. The Morgan fingerprint density at radius 3 is 3.12 bits per heavy atom. The van der Waals surface area contributed by atoms with Gasteiger partial charge >= 0.3 is 0 Å². The summed E-state index contributed by atoms with van der Waals surface area (Å²) < 4.78 is 0. The van der Waals surface area contributed by atoms with Crippen LogP contribution >= 0.6 is 11.8 Å². The monoisotopic (exact) mass is 232 g/mol. The second-order valence-corrected chi connectivity index (χ2v) is 4.42. The van der Waals surface area contributed by atoms with Crippen molar-refractivity contribution >= 4 is 23.0 Å². The highest BCUT2D eigenvalue weighted by atomic mass is 32.2. The van der Waals surface area contributed by atoms with E-state index in [2.05, 4.69) is 4.98 Å². The molecule has 1 heterocycles. The normalized spacial score (nSPS) is 10.2. The molecule has 0 aromatic carbocycles. The molecule has 0 aliphatic heterocycles. The van der Waals surface area contributed by atoms with E-state index in [9.17, 15) is 4.79 Å². The maximum Gasteiger partial charge on any atom is 0.185 e. The lowest BCUT2D eigenvalue weighted by Crippen LogP contribution is -1.84. The van der Waals surface area contributed by atoms with Crippen molar-refractivity contribution in [2.75, 3.05) is 5.75 Å². The number of hydrogen-bond acceptors (Lipinski definition) is 4. The van der Waals surface area contributed by atoms with Crippen molar-refractivity contribution in [3.05, 3.63) is 35.7 Å². The molecule has 4 heteroatoms. The molecule has 0 saturated heterocycles. The Labute approximate surface area is 99.2 Å². The Kier molecular flexibility index (Phi) is 5.30. The van der Waals surface area contributed by atoms with Gasteiger partial charge in [0.2, 0.25) is 0 Å². The van der Waals surface area contributed by atoms with Crippen LogP contribution in [0.2, 0.25) is 0 Å². The molecule has 0 amide bonds. The third-order valence-corrected chi connectivity index (χ3v) is 2.63. The minimum atomic E-state index is 0.140. The van der Waals surface area contributed by atoms with Crippen LogP contribution in [0.5, 0.6) is 0 Å². The zero-order valence-electron chi connectivity index (χ0n) is 9.01. The van der Waals surface area contributed by atoms with Crippen molar-refractivity contribution in [3.63, 3.8) is 0 Å². The highest BCUT2D eigenvalue weighted by Crippen LogP contribution is 2.07. The van der Waals surface area contributed by atoms with E-state index in [1.54, 1.807) is 19.2 Å². The number of pyridine rings is 1. The fourth-order valence-corrected chi connectivity index (χ4v) is 1.64. The molecule has 16 heavy (non-hydrogen) atoms. The van der Waals surface area contributed by atoms with Crippen molar-refractivity contribution < 1.29 is 4.79 Å². The summed E-state index contributed by atoms with van der Waals surface area (Å²) in [5, 5.41) is 8.82. The number of rotatable bonds is 4. The summed E-state index contributed by atoms with van der Waals surface area (Å²) in [5.74, 6) is 0.789. The molecular formula is C12H12N2OS. The first-order valence-electron chi connectivity index (χ1n) is 4.87. The Balaban J connectivity index is 2.44. The standard InChI is InChI=1S/C12H12N2OS/c1-10(15)16-5-3-2-4-11-6-12(7-13)9-14-8-11/h2,4,6,8-9H,3,5H2,1H3. The van der Waals surface area contributed by atoms with Crippen LogP contribution in [0.1, 0.15) is 24.5 Å². The van der Waals surface area contributed by atoms with Gasteiger partial charge in [-0.25, -0.2) is 0 Å². The maximum atomic E-state index is 10.7. The van der Waals surface area contributed by atoms with E-state index < -0.39 is 0 Å². The number of carbonyl (C=O) groups excluding carboxylic acids is 1. The minimum absolute atomic E-state index is 0.140.